The number of amides is 3. The molecule has 0 bridgehead atoms. The Morgan fingerprint density at radius 2 is 0.667 bits per heavy atom. The van der Waals surface area contributed by atoms with Gasteiger partial charge in [0.25, 0.3) is 0 Å². The smallest absolute Gasteiger partial charge is 0.323 e. The van der Waals surface area contributed by atoms with Crippen LogP contribution in [0.2, 0.25) is 0 Å². The topological polar surface area (TPSA) is 127 Å². The van der Waals surface area contributed by atoms with E-state index in [9.17, 15) is 28.8 Å². The molecule has 0 spiro atoms. The van der Waals surface area contributed by atoms with Crippen molar-refractivity contribution in [3.63, 3.8) is 0 Å². The predicted octanol–water partition coefficient (Wildman–Crippen LogP) is 2.47. The second-order valence-corrected chi connectivity index (χ2v) is 9.73. The van der Waals surface area contributed by atoms with Crippen molar-refractivity contribution in [1.82, 2.24) is 28.4 Å². The molecule has 0 N–H and O–H groups in total. The van der Waals surface area contributed by atoms with Crippen LogP contribution in [0.4, 0.5) is 14.4 Å². The summed E-state index contributed by atoms with van der Waals surface area (Å²) in [5.74, 6) is 0. The average molecular weight is 571 g/mol. The van der Waals surface area contributed by atoms with Gasteiger partial charge >= 0.3 is 35.2 Å². The zero-order valence-electron chi connectivity index (χ0n) is 23.4. The van der Waals surface area contributed by atoms with E-state index in [2.05, 4.69) is 0 Å². The van der Waals surface area contributed by atoms with Crippen LogP contribution in [-0.4, -0.2) is 67.6 Å². The summed E-state index contributed by atoms with van der Waals surface area (Å²) in [7, 11) is 4.06. The molecule has 0 atom stereocenters. The third kappa shape index (κ3) is 6.28. The average Bonchev–Trinajstić information content (AvgIpc) is 2.98. The predicted molar refractivity (Wildman–Crippen MR) is 155 cm³/mol. The first-order chi connectivity index (χ1) is 20.1. The van der Waals surface area contributed by atoms with E-state index in [1.54, 1.807) is 91.0 Å². The molecule has 12 nitrogen and oxygen atoms in total. The van der Waals surface area contributed by atoms with Crippen LogP contribution in [0.25, 0.3) is 0 Å². The lowest BCUT2D eigenvalue weighted by Crippen LogP contribution is -2.63. The van der Waals surface area contributed by atoms with Crippen molar-refractivity contribution in [3.05, 3.63) is 139 Å². The highest BCUT2D eigenvalue weighted by molar-refractivity contribution is 5.81. The number of carbonyl (C=O) groups is 3. The molecule has 0 aliphatic carbocycles. The largest absolute Gasteiger partial charge is 0.353 e. The molecule has 0 unspecified atom stereocenters. The van der Waals surface area contributed by atoms with Crippen LogP contribution in [0, 0.1) is 0 Å². The molecule has 4 rings (SSSR count). The molecule has 4 aromatic rings. The highest BCUT2D eigenvalue weighted by atomic mass is 16.2. The molecule has 3 amide bonds. The zero-order chi connectivity index (χ0) is 30.4. The molecule has 216 valence electrons. The van der Waals surface area contributed by atoms with Gasteiger partial charge in [-0.05, 0) is 16.7 Å². The van der Waals surface area contributed by atoms with Crippen LogP contribution in [0.5, 0.6) is 0 Å². The molecule has 0 fully saturated rings. The van der Waals surface area contributed by atoms with Gasteiger partial charge in [0.2, 0.25) is 0 Å². The number of carbonyl (C=O) groups excluding carboxylic acids is 3. The van der Waals surface area contributed by atoms with Gasteiger partial charge < -0.3 is 14.7 Å². The minimum absolute atomic E-state index is 0.00833. The second kappa shape index (κ2) is 12.8. The van der Waals surface area contributed by atoms with Crippen LogP contribution < -0.4 is 17.1 Å². The summed E-state index contributed by atoms with van der Waals surface area (Å²) >= 11 is 0. The molecule has 0 aliphatic rings. The second-order valence-electron chi connectivity index (χ2n) is 9.73. The third-order valence-electron chi connectivity index (χ3n) is 6.49. The Morgan fingerprint density at radius 3 is 0.881 bits per heavy atom. The summed E-state index contributed by atoms with van der Waals surface area (Å²) in [5.41, 5.74) is -2.33. The van der Waals surface area contributed by atoms with Crippen LogP contribution in [-0.2, 0) is 19.6 Å². The van der Waals surface area contributed by atoms with Crippen LogP contribution >= 0.6 is 0 Å². The monoisotopic (exact) mass is 570 g/mol. The van der Waals surface area contributed by atoms with Crippen LogP contribution in [0.3, 0.4) is 0 Å². The number of benzene rings is 3. The summed E-state index contributed by atoms with van der Waals surface area (Å²) < 4.78 is 0.395. The highest BCUT2D eigenvalue weighted by Gasteiger charge is 2.30. The molecule has 0 radical (unpaired) electrons. The Balaban J connectivity index is 1.81. The normalized spacial score (nSPS) is 10.6. The van der Waals surface area contributed by atoms with E-state index in [-0.39, 0.29) is 33.3 Å². The highest BCUT2D eigenvalue weighted by Crippen LogP contribution is 2.06. The molecule has 1 aromatic heterocycles. The zero-order valence-corrected chi connectivity index (χ0v) is 23.4. The molecule has 0 saturated heterocycles. The first-order valence-electron chi connectivity index (χ1n) is 13.0. The van der Waals surface area contributed by atoms with Crippen molar-refractivity contribution < 1.29 is 14.4 Å². The molecule has 3 aromatic carbocycles. The van der Waals surface area contributed by atoms with Crippen molar-refractivity contribution >= 4 is 18.1 Å². The van der Waals surface area contributed by atoms with Crippen molar-refractivity contribution in [2.45, 2.75) is 19.6 Å². The van der Waals surface area contributed by atoms with E-state index in [0.717, 1.165) is 14.7 Å². The van der Waals surface area contributed by atoms with Gasteiger partial charge in [0.05, 0.1) is 0 Å². The summed E-state index contributed by atoms with van der Waals surface area (Å²) in [5, 5.41) is 0. The number of nitrogens with zero attached hydrogens (tertiary/aromatic N) is 6. The maximum absolute atomic E-state index is 13.5. The van der Waals surface area contributed by atoms with Gasteiger partial charge in [-0.25, -0.2) is 28.8 Å². The van der Waals surface area contributed by atoms with E-state index in [0.29, 0.717) is 16.7 Å². The van der Waals surface area contributed by atoms with Crippen LogP contribution in [0.15, 0.2) is 105 Å². The van der Waals surface area contributed by atoms with Crippen molar-refractivity contribution in [2.24, 2.45) is 0 Å². The molecule has 0 aliphatic heterocycles. The van der Waals surface area contributed by atoms with Crippen molar-refractivity contribution in [1.29, 1.82) is 0 Å². The van der Waals surface area contributed by atoms with E-state index in [4.69, 9.17) is 0 Å². The lowest BCUT2D eigenvalue weighted by Gasteiger charge is -2.22. The Hall–Kier alpha value is -5.52. The maximum atomic E-state index is 13.5. The fraction of sp³-hybridized carbons (Fsp3) is 0.200. The minimum atomic E-state index is -1.48. The SMILES string of the molecule is CN(Cc1ccccc1)C(=O)n1c(=O)n(C(=O)N(C)Cc2ccccc2)c(=O)n(C(=O)N(C)Cc2ccccc2)c1=O. The van der Waals surface area contributed by atoms with Crippen LogP contribution in [0.1, 0.15) is 16.7 Å². The van der Waals surface area contributed by atoms with Crippen molar-refractivity contribution in [3.8, 4) is 0 Å². The number of hydrogen-bond acceptors (Lipinski definition) is 6. The van der Waals surface area contributed by atoms with E-state index in [1.807, 2.05) is 0 Å². The first-order valence-corrected chi connectivity index (χ1v) is 13.0. The summed E-state index contributed by atoms with van der Waals surface area (Å²) in [6.45, 7) is 0.0250. The Labute approximate surface area is 240 Å². The first kappa shape index (κ1) is 29.5. The molecule has 42 heavy (non-hydrogen) atoms. The van der Waals surface area contributed by atoms with Crippen molar-refractivity contribution in [2.75, 3.05) is 21.1 Å². The summed E-state index contributed by atoms with van der Waals surface area (Å²) in [6, 6.07) is 23.1. The van der Waals surface area contributed by atoms with E-state index < -0.39 is 35.2 Å². The van der Waals surface area contributed by atoms with Gasteiger partial charge in [-0.15, -0.1) is 0 Å². The number of hydrogen-bond donors (Lipinski definition) is 0. The van der Waals surface area contributed by atoms with E-state index in [1.165, 1.54) is 21.1 Å². The molecular formula is C30H30N6O6. The van der Waals surface area contributed by atoms with Gasteiger partial charge in [0, 0.05) is 40.8 Å². The quantitative estimate of drug-likeness (QED) is 0.351. The van der Waals surface area contributed by atoms with Gasteiger partial charge in [0.15, 0.2) is 0 Å². The fourth-order valence-electron chi connectivity index (χ4n) is 4.32. The Bertz CT molecular complexity index is 1530. The minimum Gasteiger partial charge on any atom is -0.323 e. The van der Waals surface area contributed by atoms with Gasteiger partial charge in [-0.2, -0.15) is 13.7 Å². The molecule has 1 heterocycles. The number of rotatable bonds is 6. The Morgan fingerprint density at radius 1 is 0.452 bits per heavy atom. The van der Waals surface area contributed by atoms with Gasteiger partial charge in [-0.1, -0.05) is 91.0 Å². The van der Waals surface area contributed by atoms with Gasteiger partial charge in [0.1, 0.15) is 0 Å². The maximum Gasteiger partial charge on any atom is 0.353 e. The summed E-state index contributed by atoms with van der Waals surface area (Å²) in [4.78, 5) is 84.3. The standard InChI is InChI=1S/C30H30N6O6/c1-31(19-22-13-7-4-8-14-22)25(37)34-28(40)35(26(38)32(2)20-23-15-9-5-10-16-23)30(42)36(29(34)41)27(39)33(3)21-24-17-11-6-12-18-24/h4-18H,19-21H2,1-3H3. The third-order valence-corrected chi connectivity index (χ3v) is 6.49. The van der Waals surface area contributed by atoms with Gasteiger partial charge in [-0.3, -0.25) is 0 Å². The lowest BCUT2D eigenvalue weighted by atomic mass is 10.2. The fourth-order valence-corrected chi connectivity index (χ4v) is 4.32. The molecule has 0 saturated carbocycles. The number of aromatic nitrogens is 3. The summed E-state index contributed by atoms with van der Waals surface area (Å²) in [6.07, 6.45) is 0. The molecule has 12 heteroatoms. The molecular weight excluding hydrogens is 540 g/mol. The lowest BCUT2D eigenvalue weighted by molar-refractivity contribution is 0.193. The van der Waals surface area contributed by atoms with E-state index >= 15 is 0 Å². The Kier molecular flexibility index (Phi) is 8.96.